The second-order valence-corrected chi connectivity index (χ2v) is 4.28. The Morgan fingerprint density at radius 1 is 1.47 bits per heavy atom. The molecule has 1 aromatic carbocycles. The Kier molecular flexibility index (Phi) is 5.22. The first kappa shape index (κ1) is 13.8. The Hall–Kier alpha value is -1.29. The van der Waals surface area contributed by atoms with Crippen molar-refractivity contribution in [2.24, 2.45) is 0 Å². The molecule has 0 fully saturated rings. The Bertz CT molecular complexity index is 438. The largest absolute Gasteiger partial charge is 0.496 e. The van der Waals surface area contributed by atoms with Gasteiger partial charge in [-0.3, -0.25) is 0 Å². The first-order chi connectivity index (χ1) is 8.08. The molecular formula is C13H15BrO3. The van der Waals surface area contributed by atoms with Crippen LogP contribution < -0.4 is 4.74 Å². The number of methoxy groups -OCH3 is 1. The third kappa shape index (κ3) is 3.89. The Morgan fingerprint density at radius 2 is 2.18 bits per heavy atom. The fourth-order valence-electron chi connectivity index (χ4n) is 1.36. The summed E-state index contributed by atoms with van der Waals surface area (Å²) in [4.78, 5) is 11.3. The van der Waals surface area contributed by atoms with Crippen molar-refractivity contribution in [1.82, 2.24) is 0 Å². The van der Waals surface area contributed by atoms with E-state index >= 15 is 0 Å². The van der Waals surface area contributed by atoms with Crippen LogP contribution in [0.5, 0.6) is 5.75 Å². The fraction of sp³-hybridized carbons (Fsp3) is 0.308. The summed E-state index contributed by atoms with van der Waals surface area (Å²) in [6.07, 6.45) is 1.48. The molecule has 0 N–H and O–H groups in total. The topological polar surface area (TPSA) is 35.5 Å². The minimum absolute atomic E-state index is 0.322. The van der Waals surface area contributed by atoms with Gasteiger partial charge in [0, 0.05) is 6.08 Å². The molecule has 1 rings (SSSR count). The lowest BCUT2D eigenvalue weighted by atomic mass is 10.1. The van der Waals surface area contributed by atoms with E-state index in [-0.39, 0.29) is 5.97 Å². The number of rotatable bonds is 4. The summed E-state index contributed by atoms with van der Waals surface area (Å²) < 4.78 is 10.9. The number of hydrogen-bond acceptors (Lipinski definition) is 3. The van der Waals surface area contributed by atoms with Crippen molar-refractivity contribution < 1.29 is 14.3 Å². The number of carbonyl (C=O) groups is 1. The molecule has 4 heteroatoms. The summed E-state index contributed by atoms with van der Waals surface area (Å²) in [5.74, 6) is 0.439. The predicted octanol–water partition coefficient (Wildman–Crippen LogP) is 3.42. The number of ether oxygens (including phenoxy) is 2. The molecule has 0 aliphatic heterocycles. The maximum Gasteiger partial charge on any atom is 0.331 e. The second kappa shape index (κ2) is 6.45. The molecule has 17 heavy (non-hydrogen) atoms. The number of carbonyl (C=O) groups excluding carboxylic acids is 1. The molecule has 3 nitrogen and oxygen atoms in total. The predicted molar refractivity (Wildman–Crippen MR) is 71.0 cm³/mol. The monoisotopic (exact) mass is 298 g/mol. The van der Waals surface area contributed by atoms with Crippen LogP contribution in [0.1, 0.15) is 19.4 Å². The molecule has 0 unspecified atom stereocenters. The van der Waals surface area contributed by atoms with Gasteiger partial charge in [-0.2, -0.15) is 0 Å². The van der Waals surface area contributed by atoms with Crippen LogP contribution in [0.25, 0.3) is 5.57 Å². The van der Waals surface area contributed by atoms with E-state index in [1.165, 1.54) is 6.08 Å². The first-order valence-electron chi connectivity index (χ1n) is 5.27. The molecule has 0 radical (unpaired) electrons. The van der Waals surface area contributed by atoms with E-state index < -0.39 is 0 Å². The third-order valence-electron chi connectivity index (χ3n) is 2.23. The Morgan fingerprint density at radius 3 is 2.71 bits per heavy atom. The number of allylic oxidation sites excluding steroid dienone is 1. The van der Waals surface area contributed by atoms with E-state index in [2.05, 4.69) is 15.9 Å². The van der Waals surface area contributed by atoms with E-state index in [4.69, 9.17) is 9.47 Å². The summed E-state index contributed by atoms with van der Waals surface area (Å²) in [6.45, 7) is 4.03. The summed E-state index contributed by atoms with van der Waals surface area (Å²) >= 11 is 3.40. The lowest BCUT2D eigenvalue weighted by molar-refractivity contribution is -0.137. The van der Waals surface area contributed by atoms with Gasteiger partial charge >= 0.3 is 5.97 Å². The molecule has 0 saturated heterocycles. The average molecular weight is 299 g/mol. The molecule has 1 aromatic rings. The van der Waals surface area contributed by atoms with Crippen LogP contribution in [-0.2, 0) is 9.53 Å². The van der Waals surface area contributed by atoms with Crippen molar-refractivity contribution in [3.8, 4) is 5.75 Å². The van der Waals surface area contributed by atoms with E-state index in [9.17, 15) is 4.79 Å². The van der Waals surface area contributed by atoms with Crippen LogP contribution in [0.4, 0.5) is 0 Å². The standard InChI is InChI=1S/C13H15BrO3/c1-4-17-13(15)7-9(2)10-5-6-12(16-3)11(14)8-10/h5-8H,4H2,1-3H3. The van der Waals surface area contributed by atoms with Gasteiger partial charge in [0.2, 0.25) is 0 Å². The van der Waals surface area contributed by atoms with Gasteiger partial charge in [0.1, 0.15) is 5.75 Å². The van der Waals surface area contributed by atoms with Crippen LogP contribution in [0.3, 0.4) is 0 Å². The molecule has 0 bridgehead atoms. The Balaban J connectivity index is 2.93. The summed E-state index contributed by atoms with van der Waals surface area (Å²) in [7, 11) is 1.61. The number of hydrogen-bond donors (Lipinski definition) is 0. The quantitative estimate of drug-likeness (QED) is 0.631. The summed E-state index contributed by atoms with van der Waals surface area (Å²) in [5, 5.41) is 0. The summed E-state index contributed by atoms with van der Waals surface area (Å²) in [5.41, 5.74) is 1.80. The van der Waals surface area contributed by atoms with E-state index in [0.717, 1.165) is 21.4 Å². The van der Waals surface area contributed by atoms with Gasteiger partial charge in [0.15, 0.2) is 0 Å². The average Bonchev–Trinajstić information content (AvgIpc) is 2.29. The lowest BCUT2D eigenvalue weighted by Crippen LogP contribution is -2.00. The normalized spacial score (nSPS) is 11.2. The highest BCUT2D eigenvalue weighted by Gasteiger charge is 2.04. The van der Waals surface area contributed by atoms with E-state index in [1.807, 2.05) is 25.1 Å². The van der Waals surface area contributed by atoms with Gasteiger partial charge < -0.3 is 9.47 Å². The van der Waals surface area contributed by atoms with Crippen LogP contribution in [-0.4, -0.2) is 19.7 Å². The molecule has 0 amide bonds. The second-order valence-electron chi connectivity index (χ2n) is 3.43. The first-order valence-corrected chi connectivity index (χ1v) is 6.06. The van der Waals surface area contributed by atoms with E-state index in [1.54, 1.807) is 14.0 Å². The molecule has 0 saturated carbocycles. The van der Waals surface area contributed by atoms with Crippen molar-refractivity contribution in [3.05, 3.63) is 34.3 Å². The van der Waals surface area contributed by atoms with Crippen LogP contribution in [0, 0.1) is 0 Å². The number of halogens is 1. The smallest absolute Gasteiger partial charge is 0.331 e. The molecule has 0 spiro atoms. The molecule has 92 valence electrons. The fourth-order valence-corrected chi connectivity index (χ4v) is 1.90. The molecular weight excluding hydrogens is 284 g/mol. The zero-order chi connectivity index (χ0) is 12.8. The molecule has 0 atom stereocenters. The SMILES string of the molecule is CCOC(=O)C=C(C)c1ccc(OC)c(Br)c1. The van der Waals surface area contributed by atoms with Crippen molar-refractivity contribution >= 4 is 27.5 Å². The van der Waals surface area contributed by atoms with Gasteiger partial charge in [-0.1, -0.05) is 6.07 Å². The van der Waals surface area contributed by atoms with Gasteiger partial charge in [0.25, 0.3) is 0 Å². The van der Waals surface area contributed by atoms with Crippen molar-refractivity contribution in [2.75, 3.05) is 13.7 Å². The van der Waals surface area contributed by atoms with Crippen LogP contribution in [0.2, 0.25) is 0 Å². The highest BCUT2D eigenvalue weighted by molar-refractivity contribution is 9.10. The molecule has 0 aromatic heterocycles. The highest BCUT2D eigenvalue weighted by atomic mass is 79.9. The Labute approximate surface area is 110 Å². The third-order valence-corrected chi connectivity index (χ3v) is 2.85. The maximum atomic E-state index is 11.3. The molecule has 0 aliphatic rings. The van der Waals surface area contributed by atoms with Gasteiger partial charge in [-0.05, 0) is 53.0 Å². The van der Waals surface area contributed by atoms with Crippen molar-refractivity contribution in [3.63, 3.8) is 0 Å². The minimum atomic E-state index is -0.322. The molecule has 0 heterocycles. The minimum Gasteiger partial charge on any atom is -0.496 e. The van der Waals surface area contributed by atoms with Gasteiger partial charge in [-0.15, -0.1) is 0 Å². The zero-order valence-corrected chi connectivity index (χ0v) is 11.7. The van der Waals surface area contributed by atoms with Crippen LogP contribution in [0.15, 0.2) is 28.7 Å². The maximum absolute atomic E-state index is 11.3. The van der Waals surface area contributed by atoms with E-state index in [0.29, 0.717) is 6.61 Å². The van der Waals surface area contributed by atoms with Crippen molar-refractivity contribution in [1.29, 1.82) is 0 Å². The highest BCUT2D eigenvalue weighted by Crippen LogP contribution is 2.28. The zero-order valence-electron chi connectivity index (χ0n) is 10.1. The molecule has 0 aliphatic carbocycles. The summed E-state index contributed by atoms with van der Waals surface area (Å²) in [6, 6.07) is 5.65. The lowest BCUT2D eigenvalue weighted by Gasteiger charge is -2.06. The van der Waals surface area contributed by atoms with Gasteiger partial charge in [-0.25, -0.2) is 4.79 Å². The number of benzene rings is 1. The van der Waals surface area contributed by atoms with Crippen LogP contribution >= 0.6 is 15.9 Å². The van der Waals surface area contributed by atoms with Gasteiger partial charge in [0.05, 0.1) is 18.2 Å². The number of esters is 1. The van der Waals surface area contributed by atoms with Crippen molar-refractivity contribution in [2.45, 2.75) is 13.8 Å².